The topological polar surface area (TPSA) is 150 Å². The molecule has 2 amide bonds. The molecule has 49 heavy (non-hydrogen) atoms. The highest BCUT2D eigenvalue weighted by Gasteiger charge is 2.26. The van der Waals surface area contributed by atoms with Gasteiger partial charge in [0.25, 0.3) is 0 Å². The van der Waals surface area contributed by atoms with Gasteiger partial charge in [-0.15, -0.1) is 0 Å². The van der Waals surface area contributed by atoms with Gasteiger partial charge in [-0.05, 0) is 74.9 Å². The molecule has 11 heteroatoms. The van der Waals surface area contributed by atoms with E-state index in [1.54, 1.807) is 39.0 Å². The number of benzene rings is 3. The van der Waals surface area contributed by atoms with Crippen LogP contribution in [0.1, 0.15) is 57.0 Å². The molecule has 0 aliphatic heterocycles. The molecule has 4 rings (SSSR count). The Kier molecular flexibility index (Phi) is 12.1. The van der Waals surface area contributed by atoms with E-state index < -0.39 is 42.8 Å². The van der Waals surface area contributed by atoms with Gasteiger partial charge in [-0.25, -0.2) is 14.4 Å². The van der Waals surface area contributed by atoms with Crippen LogP contribution >= 0.6 is 0 Å². The summed E-state index contributed by atoms with van der Waals surface area (Å²) in [6, 6.07) is 22.3. The van der Waals surface area contributed by atoms with Crippen molar-refractivity contribution in [3.8, 4) is 11.1 Å². The summed E-state index contributed by atoms with van der Waals surface area (Å²) in [6.45, 7) is 10.6. The Morgan fingerprint density at radius 2 is 1.63 bits per heavy atom. The van der Waals surface area contributed by atoms with Crippen molar-refractivity contribution in [3.05, 3.63) is 95.2 Å². The van der Waals surface area contributed by atoms with Gasteiger partial charge < -0.3 is 25.3 Å². The standard InChI is InChI=1S/C38H44N4O7/c1-24(2)18-32-30(21-40-36(45)49-38(4,5)6)35(27-14-12-25(3)13-15-27)29-19-28(16-17-31(29)41-32)42(22-34(44)48-33(43)20-39)37(46)47-23-26-10-8-7-9-11-26/h7-17,19,24H,18,20-23,39H2,1-6H3,(H,40,45). The number of hydrogen-bond donors (Lipinski definition) is 2. The van der Waals surface area contributed by atoms with E-state index in [2.05, 4.69) is 19.2 Å². The average molecular weight is 669 g/mol. The lowest BCUT2D eigenvalue weighted by Crippen LogP contribution is -2.38. The number of esters is 2. The number of pyridine rings is 1. The lowest BCUT2D eigenvalue weighted by molar-refractivity contribution is -0.157. The summed E-state index contributed by atoms with van der Waals surface area (Å²) in [7, 11) is 0. The van der Waals surface area contributed by atoms with Gasteiger partial charge in [0, 0.05) is 28.9 Å². The number of hydrogen-bond acceptors (Lipinski definition) is 9. The van der Waals surface area contributed by atoms with E-state index >= 15 is 0 Å². The number of rotatable bonds is 11. The smallest absolute Gasteiger partial charge is 0.415 e. The van der Waals surface area contributed by atoms with E-state index in [1.165, 1.54) is 0 Å². The average Bonchev–Trinajstić information content (AvgIpc) is 3.04. The summed E-state index contributed by atoms with van der Waals surface area (Å²) >= 11 is 0. The van der Waals surface area contributed by atoms with Gasteiger partial charge in [0.05, 0.1) is 12.1 Å². The van der Waals surface area contributed by atoms with Gasteiger partial charge in [0.1, 0.15) is 18.8 Å². The van der Waals surface area contributed by atoms with Crippen LogP contribution in [0.4, 0.5) is 15.3 Å². The van der Waals surface area contributed by atoms with Crippen molar-refractivity contribution in [1.82, 2.24) is 10.3 Å². The molecular weight excluding hydrogens is 624 g/mol. The summed E-state index contributed by atoms with van der Waals surface area (Å²) in [6.07, 6.45) is -0.751. The molecule has 11 nitrogen and oxygen atoms in total. The van der Waals surface area contributed by atoms with Crippen LogP contribution in [0, 0.1) is 12.8 Å². The third-order valence-corrected chi connectivity index (χ3v) is 7.32. The quantitative estimate of drug-likeness (QED) is 0.102. The second-order valence-corrected chi connectivity index (χ2v) is 13.1. The maximum Gasteiger partial charge on any atom is 0.415 e. The molecule has 1 heterocycles. The minimum atomic E-state index is -0.973. The van der Waals surface area contributed by atoms with Crippen molar-refractivity contribution in [2.24, 2.45) is 11.7 Å². The predicted octanol–water partition coefficient (Wildman–Crippen LogP) is 6.61. The summed E-state index contributed by atoms with van der Waals surface area (Å²) in [4.78, 5) is 57.1. The Hall–Kier alpha value is -5.29. The molecule has 0 aliphatic carbocycles. The van der Waals surface area contributed by atoms with Crippen LogP contribution in [0.25, 0.3) is 22.0 Å². The third-order valence-electron chi connectivity index (χ3n) is 7.32. The van der Waals surface area contributed by atoms with Crippen LogP contribution in [0.3, 0.4) is 0 Å². The fraction of sp³-hybridized carbons (Fsp3) is 0.342. The number of nitrogens with two attached hydrogens (primary N) is 1. The minimum Gasteiger partial charge on any atom is -0.444 e. The van der Waals surface area contributed by atoms with Crippen molar-refractivity contribution in [3.63, 3.8) is 0 Å². The highest BCUT2D eigenvalue weighted by atomic mass is 16.6. The number of anilines is 1. The number of aromatic nitrogens is 1. The predicted molar refractivity (Wildman–Crippen MR) is 188 cm³/mol. The zero-order valence-electron chi connectivity index (χ0n) is 28.9. The zero-order chi connectivity index (χ0) is 35.7. The number of aryl methyl sites for hydroxylation is 1. The van der Waals surface area contributed by atoms with Crippen LogP contribution < -0.4 is 16.0 Å². The number of fused-ring (bicyclic) bond motifs is 1. The first-order chi connectivity index (χ1) is 23.2. The first-order valence-corrected chi connectivity index (χ1v) is 16.1. The molecule has 1 aromatic heterocycles. The lowest BCUT2D eigenvalue weighted by Gasteiger charge is -2.24. The molecule has 0 fully saturated rings. The number of nitrogens with one attached hydrogen (secondary N) is 1. The minimum absolute atomic E-state index is 0.0459. The van der Waals surface area contributed by atoms with Gasteiger partial charge >= 0.3 is 24.1 Å². The Balaban J connectivity index is 1.87. The Morgan fingerprint density at radius 1 is 0.939 bits per heavy atom. The SMILES string of the molecule is Cc1ccc(-c2c(CNC(=O)OC(C)(C)C)c(CC(C)C)nc3ccc(N(CC(=O)OC(=O)CN)C(=O)OCc4ccccc4)cc23)cc1. The molecule has 0 unspecified atom stereocenters. The summed E-state index contributed by atoms with van der Waals surface area (Å²) < 4.78 is 15.9. The van der Waals surface area contributed by atoms with E-state index in [0.717, 1.165) is 38.4 Å². The van der Waals surface area contributed by atoms with Crippen molar-refractivity contribution in [2.45, 2.75) is 66.7 Å². The number of amides is 2. The van der Waals surface area contributed by atoms with E-state index in [9.17, 15) is 19.2 Å². The summed E-state index contributed by atoms with van der Waals surface area (Å²) in [5.74, 6) is -1.64. The molecule has 0 aliphatic rings. The van der Waals surface area contributed by atoms with Crippen molar-refractivity contribution >= 4 is 40.7 Å². The van der Waals surface area contributed by atoms with Crippen LogP contribution in [0.5, 0.6) is 0 Å². The number of carbonyl (C=O) groups is 4. The van der Waals surface area contributed by atoms with E-state index in [0.29, 0.717) is 23.0 Å². The molecule has 0 radical (unpaired) electrons. The monoisotopic (exact) mass is 668 g/mol. The van der Waals surface area contributed by atoms with E-state index in [1.807, 2.05) is 61.5 Å². The molecule has 0 atom stereocenters. The molecule has 0 saturated carbocycles. The van der Waals surface area contributed by atoms with E-state index in [4.69, 9.17) is 24.9 Å². The first-order valence-electron chi connectivity index (χ1n) is 16.1. The van der Waals surface area contributed by atoms with Crippen molar-refractivity contribution < 1.29 is 33.4 Å². The maximum absolute atomic E-state index is 13.6. The normalized spacial score (nSPS) is 11.3. The second-order valence-electron chi connectivity index (χ2n) is 13.1. The molecule has 258 valence electrons. The second kappa shape index (κ2) is 16.2. The Labute approximate surface area is 286 Å². The van der Waals surface area contributed by atoms with Gasteiger partial charge in [-0.1, -0.05) is 74.0 Å². The molecule has 3 aromatic carbocycles. The van der Waals surface area contributed by atoms with Crippen LogP contribution in [0.15, 0.2) is 72.8 Å². The van der Waals surface area contributed by atoms with E-state index in [-0.39, 0.29) is 19.1 Å². The third kappa shape index (κ3) is 10.3. The first kappa shape index (κ1) is 36.5. The fourth-order valence-electron chi connectivity index (χ4n) is 5.17. The largest absolute Gasteiger partial charge is 0.444 e. The van der Waals surface area contributed by atoms with Crippen LogP contribution in [-0.4, -0.2) is 47.8 Å². The number of alkyl carbamates (subject to hydrolysis) is 1. The molecule has 0 saturated heterocycles. The number of carbonyl (C=O) groups excluding carboxylic acids is 4. The summed E-state index contributed by atoms with van der Waals surface area (Å²) in [5, 5.41) is 3.57. The van der Waals surface area contributed by atoms with Gasteiger partial charge in [0.2, 0.25) is 0 Å². The van der Waals surface area contributed by atoms with Gasteiger partial charge in [-0.2, -0.15) is 0 Å². The van der Waals surface area contributed by atoms with Crippen LogP contribution in [0.2, 0.25) is 0 Å². The maximum atomic E-state index is 13.6. The van der Waals surface area contributed by atoms with Crippen molar-refractivity contribution in [2.75, 3.05) is 18.0 Å². The lowest BCUT2D eigenvalue weighted by atomic mass is 9.91. The fourth-order valence-corrected chi connectivity index (χ4v) is 5.17. The van der Waals surface area contributed by atoms with Crippen molar-refractivity contribution in [1.29, 1.82) is 0 Å². The molecule has 3 N–H and O–H groups in total. The molecular formula is C38H44N4O7. The molecule has 4 aromatic rings. The summed E-state index contributed by atoms with van der Waals surface area (Å²) in [5.41, 5.74) is 10.7. The van der Waals surface area contributed by atoms with Gasteiger partial charge in [0.15, 0.2) is 0 Å². The Bertz CT molecular complexity index is 1800. The molecule has 0 spiro atoms. The number of ether oxygens (including phenoxy) is 3. The highest BCUT2D eigenvalue weighted by Crippen LogP contribution is 2.36. The number of nitrogens with zero attached hydrogens (tertiary/aromatic N) is 2. The zero-order valence-corrected chi connectivity index (χ0v) is 28.9. The highest BCUT2D eigenvalue weighted by molar-refractivity contribution is 6.02. The van der Waals surface area contributed by atoms with Gasteiger partial charge in [-0.3, -0.25) is 14.7 Å². The Morgan fingerprint density at radius 3 is 2.27 bits per heavy atom. The van der Waals surface area contributed by atoms with Crippen LogP contribution in [-0.2, 0) is 43.4 Å². The molecule has 0 bridgehead atoms.